The van der Waals surface area contributed by atoms with Crippen LogP contribution < -0.4 is 5.32 Å². The molecule has 1 saturated carbocycles. The van der Waals surface area contributed by atoms with Crippen molar-refractivity contribution in [2.75, 3.05) is 7.11 Å². The van der Waals surface area contributed by atoms with E-state index in [0.29, 0.717) is 12.8 Å². The molecular formula is C12H21NO4. The van der Waals surface area contributed by atoms with Gasteiger partial charge in [-0.25, -0.2) is 4.79 Å². The second kappa shape index (κ2) is 6.00. The largest absolute Gasteiger partial charge is 0.480 e. The summed E-state index contributed by atoms with van der Waals surface area (Å²) in [4.78, 5) is 23.2. The van der Waals surface area contributed by atoms with E-state index < -0.39 is 17.6 Å². The van der Waals surface area contributed by atoms with E-state index in [-0.39, 0.29) is 5.91 Å². The second-order valence-corrected chi connectivity index (χ2v) is 4.67. The maximum absolute atomic E-state index is 11.8. The number of amides is 1. The fourth-order valence-corrected chi connectivity index (χ4v) is 2.17. The molecule has 1 fully saturated rings. The van der Waals surface area contributed by atoms with Crippen LogP contribution in [0.25, 0.3) is 0 Å². The molecule has 0 aromatic rings. The average molecular weight is 243 g/mol. The zero-order valence-corrected chi connectivity index (χ0v) is 10.5. The normalized spacial score (nSPS) is 21.3. The summed E-state index contributed by atoms with van der Waals surface area (Å²) in [7, 11) is 1.44. The Kier molecular flexibility index (Phi) is 4.93. The van der Waals surface area contributed by atoms with E-state index in [4.69, 9.17) is 4.74 Å². The van der Waals surface area contributed by atoms with Crippen LogP contribution in [0.15, 0.2) is 0 Å². The van der Waals surface area contributed by atoms with Gasteiger partial charge in [0.1, 0.15) is 11.6 Å². The van der Waals surface area contributed by atoms with Gasteiger partial charge < -0.3 is 15.2 Å². The molecule has 0 aromatic heterocycles. The van der Waals surface area contributed by atoms with E-state index in [1.165, 1.54) is 7.11 Å². The standard InChI is InChI=1S/C12H21NO4/c1-9(17-2)10(14)13-12(11(15)16)7-5-3-4-6-8-12/h9H,3-8H2,1-2H3,(H,13,14)(H,15,16). The summed E-state index contributed by atoms with van der Waals surface area (Å²) in [6, 6.07) is 0. The van der Waals surface area contributed by atoms with Crippen LogP contribution in [0.3, 0.4) is 0 Å². The Labute approximate surface area is 102 Å². The molecule has 5 heteroatoms. The van der Waals surface area contributed by atoms with Gasteiger partial charge in [0.2, 0.25) is 5.91 Å². The van der Waals surface area contributed by atoms with E-state index in [2.05, 4.69) is 5.32 Å². The molecule has 1 unspecified atom stereocenters. The quantitative estimate of drug-likeness (QED) is 0.730. The maximum Gasteiger partial charge on any atom is 0.329 e. The summed E-state index contributed by atoms with van der Waals surface area (Å²) in [6.07, 6.45) is 4.14. The Morgan fingerprint density at radius 3 is 2.18 bits per heavy atom. The third-order valence-corrected chi connectivity index (χ3v) is 3.45. The predicted molar refractivity (Wildman–Crippen MR) is 62.7 cm³/mol. The molecule has 0 aliphatic heterocycles. The van der Waals surface area contributed by atoms with E-state index in [1.807, 2.05) is 0 Å². The van der Waals surface area contributed by atoms with Crippen molar-refractivity contribution in [2.24, 2.45) is 0 Å². The van der Waals surface area contributed by atoms with Crippen molar-refractivity contribution in [1.29, 1.82) is 0 Å². The Bertz CT molecular complexity index is 282. The van der Waals surface area contributed by atoms with Crippen LogP contribution >= 0.6 is 0 Å². The van der Waals surface area contributed by atoms with E-state index >= 15 is 0 Å². The molecule has 5 nitrogen and oxygen atoms in total. The molecule has 2 N–H and O–H groups in total. The van der Waals surface area contributed by atoms with Crippen LogP contribution in [0.1, 0.15) is 45.4 Å². The molecule has 98 valence electrons. The van der Waals surface area contributed by atoms with Crippen LogP contribution in [0.4, 0.5) is 0 Å². The Morgan fingerprint density at radius 2 is 1.76 bits per heavy atom. The number of aliphatic carboxylic acids is 1. The molecule has 1 rings (SSSR count). The Balaban J connectivity index is 2.77. The highest BCUT2D eigenvalue weighted by Gasteiger charge is 2.40. The smallest absolute Gasteiger partial charge is 0.329 e. The highest BCUT2D eigenvalue weighted by Crippen LogP contribution is 2.27. The first-order chi connectivity index (χ1) is 8.02. The average Bonchev–Trinajstić information content (AvgIpc) is 2.54. The predicted octanol–water partition coefficient (Wildman–Crippen LogP) is 1.32. The number of carbonyl (C=O) groups excluding carboxylic acids is 1. The lowest BCUT2D eigenvalue weighted by molar-refractivity contribution is -0.150. The fraction of sp³-hybridized carbons (Fsp3) is 0.833. The molecule has 1 amide bonds. The Morgan fingerprint density at radius 1 is 1.24 bits per heavy atom. The van der Waals surface area contributed by atoms with Crippen molar-refractivity contribution in [2.45, 2.75) is 57.1 Å². The molecule has 1 aliphatic rings. The number of hydrogen-bond acceptors (Lipinski definition) is 3. The molecule has 0 saturated heterocycles. The summed E-state index contributed by atoms with van der Waals surface area (Å²) in [5.41, 5.74) is -1.10. The molecular weight excluding hydrogens is 222 g/mol. The molecule has 1 aliphatic carbocycles. The number of carbonyl (C=O) groups is 2. The van der Waals surface area contributed by atoms with Crippen LogP contribution in [0.2, 0.25) is 0 Å². The number of carboxylic acids is 1. The maximum atomic E-state index is 11.8. The highest BCUT2D eigenvalue weighted by molar-refractivity contribution is 5.88. The fourth-order valence-electron chi connectivity index (χ4n) is 2.17. The van der Waals surface area contributed by atoms with Crippen LogP contribution in [0, 0.1) is 0 Å². The van der Waals surface area contributed by atoms with Crippen molar-refractivity contribution >= 4 is 11.9 Å². The van der Waals surface area contributed by atoms with Gasteiger partial charge in [0.15, 0.2) is 0 Å². The van der Waals surface area contributed by atoms with Gasteiger partial charge in [0, 0.05) is 7.11 Å². The summed E-state index contributed by atoms with van der Waals surface area (Å²) in [6.45, 7) is 1.61. The van der Waals surface area contributed by atoms with Gasteiger partial charge >= 0.3 is 5.97 Å². The minimum atomic E-state index is -1.10. The van der Waals surface area contributed by atoms with Crippen LogP contribution in [-0.4, -0.2) is 35.7 Å². The minimum Gasteiger partial charge on any atom is -0.480 e. The number of rotatable bonds is 4. The first kappa shape index (κ1) is 14.0. The minimum absolute atomic E-state index is 0.350. The van der Waals surface area contributed by atoms with Crippen molar-refractivity contribution in [1.82, 2.24) is 5.32 Å². The van der Waals surface area contributed by atoms with Crippen LogP contribution in [0.5, 0.6) is 0 Å². The number of carboxylic acid groups (broad SMARTS) is 1. The summed E-state index contributed by atoms with van der Waals surface area (Å²) in [5.74, 6) is -1.28. The third-order valence-electron chi connectivity index (χ3n) is 3.45. The first-order valence-electron chi connectivity index (χ1n) is 6.10. The van der Waals surface area contributed by atoms with Crippen LogP contribution in [-0.2, 0) is 14.3 Å². The van der Waals surface area contributed by atoms with Gasteiger partial charge in [-0.05, 0) is 19.8 Å². The second-order valence-electron chi connectivity index (χ2n) is 4.67. The zero-order valence-electron chi connectivity index (χ0n) is 10.5. The lowest BCUT2D eigenvalue weighted by Gasteiger charge is -2.30. The van der Waals surface area contributed by atoms with E-state index in [1.54, 1.807) is 6.92 Å². The Hall–Kier alpha value is -1.10. The number of hydrogen-bond donors (Lipinski definition) is 2. The molecule has 0 radical (unpaired) electrons. The van der Waals surface area contributed by atoms with Gasteiger partial charge in [-0.3, -0.25) is 4.79 Å². The third kappa shape index (κ3) is 3.43. The monoisotopic (exact) mass is 243 g/mol. The molecule has 0 bridgehead atoms. The summed E-state index contributed by atoms with van der Waals surface area (Å²) >= 11 is 0. The molecule has 17 heavy (non-hydrogen) atoms. The van der Waals surface area contributed by atoms with Gasteiger partial charge in [0.05, 0.1) is 0 Å². The van der Waals surface area contributed by atoms with E-state index in [0.717, 1.165) is 25.7 Å². The zero-order chi connectivity index (χ0) is 12.9. The lowest BCUT2D eigenvalue weighted by Crippen LogP contribution is -2.56. The van der Waals surface area contributed by atoms with Crippen molar-refractivity contribution < 1.29 is 19.4 Å². The molecule has 1 atom stereocenters. The van der Waals surface area contributed by atoms with Crippen molar-refractivity contribution in [3.8, 4) is 0 Å². The summed E-state index contributed by atoms with van der Waals surface area (Å²) < 4.78 is 4.90. The number of methoxy groups -OCH3 is 1. The van der Waals surface area contributed by atoms with Gasteiger partial charge in [-0.1, -0.05) is 25.7 Å². The first-order valence-corrected chi connectivity index (χ1v) is 6.10. The van der Waals surface area contributed by atoms with Gasteiger partial charge in [0.25, 0.3) is 0 Å². The van der Waals surface area contributed by atoms with Crippen molar-refractivity contribution in [3.05, 3.63) is 0 Å². The lowest BCUT2D eigenvalue weighted by atomic mass is 9.90. The van der Waals surface area contributed by atoms with Gasteiger partial charge in [-0.2, -0.15) is 0 Å². The van der Waals surface area contributed by atoms with Crippen molar-refractivity contribution in [3.63, 3.8) is 0 Å². The highest BCUT2D eigenvalue weighted by atomic mass is 16.5. The molecule has 0 spiro atoms. The number of nitrogens with one attached hydrogen (secondary N) is 1. The molecule has 0 heterocycles. The topological polar surface area (TPSA) is 75.6 Å². The molecule has 0 aromatic carbocycles. The van der Waals surface area contributed by atoms with E-state index in [9.17, 15) is 14.7 Å². The summed E-state index contributed by atoms with van der Waals surface area (Å²) in [5, 5.41) is 12.0. The van der Waals surface area contributed by atoms with Gasteiger partial charge in [-0.15, -0.1) is 0 Å². The number of ether oxygens (including phenoxy) is 1. The SMILES string of the molecule is COC(C)C(=O)NC1(C(=O)O)CCCCCC1.